The molecular weight excluding hydrogens is 408 g/mol. The summed E-state index contributed by atoms with van der Waals surface area (Å²) in [6.07, 6.45) is 1.04. The molecule has 0 bridgehead atoms. The van der Waals surface area contributed by atoms with Gasteiger partial charge in [0.15, 0.2) is 15.6 Å². The van der Waals surface area contributed by atoms with Gasteiger partial charge in [0, 0.05) is 6.26 Å². The molecule has 0 saturated carbocycles. The molecule has 0 aliphatic heterocycles. The third-order valence-corrected chi connectivity index (χ3v) is 6.45. The first kappa shape index (κ1) is 19.4. The smallest absolute Gasteiger partial charge is 0.339 e. The zero-order valence-corrected chi connectivity index (χ0v) is 16.6. The SMILES string of the molecule is CS(=O)(=O)c1ccc(S(=O)(=O)Oc2ccc(-c3ccccc3)cc2Cl)cc1. The molecule has 0 aliphatic rings. The highest BCUT2D eigenvalue weighted by atomic mass is 35.5. The summed E-state index contributed by atoms with van der Waals surface area (Å²) in [6, 6.07) is 19.1. The number of halogens is 1. The predicted octanol–water partition coefficient (Wildman–Crippen LogP) is 4.18. The largest absolute Gasteiger partial charge is 0.377 e. The van der Waals surface area contributed by atoms with Gasteiger partial charge < -0.3 is 4.18 Å². The van der Waals surface area contributed by atoms with Gasteiger partial charge in [0.25, 0.3) is 0 Å². The van der Waals surface area contributed by atoms with Gasteiger partial charge in [-0.15, -0.1) is 0 Å². The summed E-state index contributed by atoms with van der Waals surface area (Å²) < 4.78 is 53.0. The van der Waals surface area contributed by atoms with Crippen molar-refractivity contribution in [1.82, 2.24) is 0 Å². The van der Waals surface area contributed by atoms with Gasteiger partial charge >= 0.3 is 10.1 Å². The van der Waals surface area contributed by atoms with Crippen LogP contribution in [0.15, 0.2) is 82.6 Å². The first-order valence-electron chi connectivity index (χ1n) is 7.76. The molecule has 0 fully saturated rings. The lowest BCUT2D eigenvalue weighted by Crippen LogP contribution is -2.10. The molecular formula is C19H15ClO5S2. The second-order valence-corrected chi connectivity index (χ2v) is 9.76. The van der Waals surface area contributed by atoms with Crippen molar-refractivity contribution >= 4 is 31.6 Å². The Labute approximate surface area is 163 Å². The van der Waals surface area contributed by atoms with Crippen LogP contribution in [0.2, 0.25) is 5.02 Å². The Morgan fingerprint density at radius 2 is 1.33 bits per heavy atom. The first-order valence-corrected chi connectivity index (χ1v) is 11.4. The van der Waals surface area contributed by atoms with Crippen molar-refractivity contribution in [1.29, 1.82) is 0 Å². The summed E-state index contributed by atoms with van der Waals surface area (Å²) in [5.74, 6) is -0.0106. The van der Waals surface area contributed by atoms with E-state index in [2.05, 4.69) is 0 Å². The van der Waals surface area contributed by atoms with Crippen LogP contribution in [0, 0.1) is 0 Å². The normalized spacial score (nSPS) is 11.9. The van der Waals surface area contributed by atoms with Crippen LogP contribution in [-0.4, -0.2) is 23.1 Å². The standard InChI is InChI=1S/C19H15ClO5S2/c1-26(21,22)16-8-10-17(11-9-16)27(23,24)25-19-12-7-15(13-18(19)20)14-5-3-2-4-6-14/h2-13H,1H3. The zero-order chi connectivity index (χ0) is 19.7. The molecule has 0 radical (unpaired) electrons. The number of rotatable bonds is 5. The van der Waals surface area contributed by atoms with Gasteiger partial charge in [-0.1, -0.05) is 48.0 Å². The lowest BCUT2D eigenvalue weighted by molar-refractivity contribution is 0.486. The second kappa shape index (κ2) is 7.34. The zero-order valence-electron chi connectivity index (χ0n) is 14.2. The van der Waals surface area contributed by atoms with E-state index in [1.165, 1.54) is 30.3 Å². The number of hydrogen-bond donors (Lipinski definition) is 0. The first-order chi connectivity index (χ1) is 12.7. The number of hydrogen-bond acceptors (Lipinski definition) is 5. The Morgan fingerprint density at radius 3 is 1.89 bits per heavy atom. The fraction of sp³-hybridized carbons (Fsp3) is 0.0526. The van der Waals surface area contributed by atoms with E-state index in [1.54, 1.807) is 12.1 Å². The van der Waals surface area contributed by atoms with E-state index in [0.717, 1.165) is 17.4 Å². The highest BCUT2D eigenvalue weighted by Crippen LogP contribution is 2.32. The molecule has 0 unspecified atom stereocenters. The van der Waals surface area contributed by atoms with Crippen molar-refractivity contribution in [3.8, 4) is 16.9 Å². The van der Waals surface area contributed by atoms with E-state index in [0.29, 0.717) is 0 Å². The van der Waals surface area contributed by atoms with Crippen molar-refractivity contribution in [2.45, 2.75) is 9.79 Å². The molecule has 5 nitrogen and oxygen atoms in total. The number of benzene rings is 3. The van der Waals surface area contributed by atoms with Crippen LogP contribution in [-0.2, 0) is 20.0 Å². The van der Waals surface area contributed by atoms with E-state index in [1.807, 2.05) is 30.3 Å². The van der Waals surface area contributed by atoms with Crippen LogP contribution in [0.4, 0.5) is 0 Å². The minimum atomic E-state index is -4.15. The monoisotopic (exact) mass is 422 g/mol. The fourth-order valence-corrected chi connectivity index (χ4v) is 4.24. The van der Waals surface area contributed by atoms with Gasteiger partial charge in [0.2, 0.25) is 0 Å². The van der Waals surface area contributed by atoms with E-state index in [4.69, 9.17) is 15.8 Å². The van der Waals surface area contributed by atoms with Gasteiger partial charge in [0.05, 0.1) is 9.92 Å². The minimum Gasteiger partial charge on any atom is -0.377 e. The third-order valence-electron chi connectivity index (χ3n) is 3.78. The Kier molecular flexibility index (Phi) is 5.28. The van der Waals surface area contributed by atoms with Crippen LogP contribution in [0.25, 0.3) is 11.1 Å². The Bertz CT molecular complexity index is 1170. The van der Waals surface area contributed by atoms with Crippen LogP contribution in [0.3, 0.4) is 0 Å². The molecule has 140 valence electrons. The van der Waals surface area contributed by atoms with E-state index < -0.39 is 20.0 Å². The summed E-state index contributed by atoms with van der Waals surface area (Å²) in [6.45, 7) is 0. The van der Waals surface area contributed by atoms with E-state index >= 15 is 0 Å². The summed E-state index contributed by atoms with van der Waals surface area (Å²) in [7, 11) is -7.57. The lowest BCUT2D eigenvalue weighted by Gasteiger charge is -2.10. The summed E-state index contributed by atoms with van der Waals surface area (Å²) in [5.41, 5.74) is 1.76. The molecule has 0 aliphatic carbocycles. The lowest BCUT2D eigenvalue weighted by atomic mass is 10.1. The van der Waals surface area contributed by atoms with Gasteiger partial charge in [-0.2, -0.15) is 8.42 Å². The molecule has 0 heterocycles. The molecule has 0 saturated heterocycles. The molecule has 0 N–H and O–H groups in total. The molecule has 3 aromatic carbocycles. The Balaban J connectivity index is 1.88. The van der Waals surface area contributed by atoms with Crippen LogP contribution < -0.4 is 4.18 Å². The van der Waals surface area contributed by atoms with Crippen molar-refractivity contribution in [3.63, 3.8) is 0 Å². The quantitative estimate of drug-likeness (QED) is 0.576. The van der Waals surface area contributed by atoms with Gasteiger partial charge in [0.1, 0.15) is 4.90 Å². The fourth-order valence-electron chi connectivity index (χ4n) is 2.40. The maximum Gasteiger partial charge on any atom is 0.339 e. The third kappa shape index (κ3) is 4.50. The van der Waals surface area contributed by atoms with Crippen molar-refractivity contribution in [2.75, 3.05) is 6.26 Å². The van der Waals surface area contributed by atoms with Crippen LogP contribution >= 0.6 is 11.6 Å². The van der Waals surface area contributed by atoms with Crippen molar-refractivity contribution in [3.05, 3.63) is 77.8 Å². The summed E-state index contributed by atoms with van der Waals surface area (Å²) in [5, 5.41) is 0.146. The molecule has 0 atom stereocenters. The highest BCUT2D eigenvalue weighted by molar-refractivity contribution is 7.90. The van der Waals surface area contributed by atoms with Crippen LogP contribution in [0.1, 0.15) is 0 Å². The second-order valence-electron chi connectivity index (χ2n) is 5.79. The maximum atomic E-state index is 12.4. The van der Waals surface area contributed by atoms with Gasteiger partial charge in [-0.25, -0.2) is 8.42 Å². The molecule has 0 spiro atoms. The summed E-state index contributed by atoms with van der Waals surface area (Å²) >= 11 is 6.19. The average molecular weight is 423 g/mol. The van der Waals surface area contributed by atoms with Crippen molar-refractivity contribution < 1.29 is 21.0 Å². The van der Waals surface area contributed by atoms with Gasteiger partial charge in [-0.3, -0.25) is 0 Å². The van der Waals surface area contributed by atoms with Gasteiger partial charge in [-0.05, 0) is 47.5 Å². The van der Waals surface area contributed by atoms with Crippen molar-refractivity contribution in [2.24, 2.45) is 0 Å². The van der Waals surface area contributed by atoms with E-state index in [9.17, 15) is 16.8 Å². The Hall–Kier alpha value is -2.35. The topological polar surface area (TPSA) is 77.5 Å². The maximum absolute atomic E-state index is 12.4. The summed E-state index contributed by atoms with van der Waals surface area (Å²) in [4.78, 5) is -0.148. The van der Waals surface area contributed by atoms with Crippen LogP contribution in [0.5, 0.6) is 5.75 Å². The highest BCUT2D eigenvalue weighted by Gasteiger charge is 2.19. The number of sulfone groups is 1. The molecule has 0 aromatic heterocycles. The molecule has 3 aromatic rings. The predicted molar refractivity (Wildman–Crippen MR) is 104 cm³/mol. The Morgan fingerprint density at radius 1 is 0.741 bits per heavy atom. The molecule has 3 rings (SSSR count). The molecule has 27 heavy (non-hydrogen) atoms. The molecule has 0 amide bonds. The van der Waals surface area contributed by atoms with E-state index in [-0.39, 0.29) is 20.6 Å². The average Bonchev–Trinajstić information content (AvgIpc) is 2.63. The minimum absolute atomic E-state index is 0.0106. The molecule has 8 heteroatoms.